The SMILES string of the molecule is CCCC[C@H](NC(=O)[C@@H](C)NC(=O)CON=C1C=C2CC[C@H]3[C@@H]4CC[C@H](C(C)=O)[C@@]4(C)CC[C@@H]3[C@@]2(C)CC1)C(=O)O. The zero-order valence-electron chi connectivity index (χ0n) is 25.5. The minimum Gasteiger partial charge on any atom is -0.480 e. The van der Waals surface area contributed by atoms with Crippen LogP contribution in [0.3, 0.4) is 0 Å². The highest BCUT2D eigenvalue weighted by atomic mass is 16.6. The van der Waals surface area contributed by atoms with Crippen LogP contribution in [0.1, 0.15) is 105 Å². The molecule has 2 amide bonds. The molecule has 0 aliphatic heterocycles. The van der Waals surface area contributed by atoms with Crippen LogP contribution in [0.4, 0.5) is 0 Å². The van der Waals surface area contributed by atoms with Crippen molar-refractivity contribution in [2.45, 2.75) is 117 Å². The van der Waals surface area contributed by atoms with Gasteiger partial charge in [-0.2, -0.15) is 0 Å². The molecule has 0 unspecified atom stereocenters. The Morgan fingerprint density at radius 2 is 1.83 bits per heavy atom. The van der Waals surface area contributed by atoms with E-state index in [4.69, 9.17) is 4.84 Å². The van der Waals surface area contributed by atoms with Crippen LogP contribution in [0.2, 0.25) is 0 Å². The van der Waals surface area contributed by atoms with Crippen molar-refractivity contribution >= 4 is 29.3 Å². The largest absolute Gasteiger partial charge is 0.480 e. The highest BCUT2D eigenvalue weighted by Crippen LogP contribution is 2.66. The number of Topliss-reactive ketones (excluding diaryl/α,β-unsaturated/α-hetero) is 1. The average Bonchev–Trinajstić information content (AvgIpc) is 3.28. The van der Waals surface area contributed by atoms with Gasteiger partial charge in [-0.25, -0.2) is 4.79 Å². The normalized spacial score (nSPS) is 34.8. The summed E-state index contributed by atoms with van der Waals surface area (Å²) in [6.45, 7) is 9.73. The Bertz CT molecular complexity index is 1100. The van der Waals surface area contributed by atoms with Crippen LogP contribution in [0.25, 0.3) is 0 Å². The van der Waals surface area contributed by atoms with E-state index in [9.17, 15) is 24.3 Å². The third kappa shape index (κ3) is 6.38. The van der Waals surface area contributed by atoms with Gasteiger partial charge in [0, 0.05) is 5.92 Å². The molecule has 0 aromatic heterocycles. The Morgan fingerprint density at radius 1 is 1.07 bits per heavy atom. The minimum atomic E-state index is -1.09. The molecule has 3 saturated carbocycles. The summed E-state index contributed by atoms with van der Waals surface area (Å²) in [5.74, 6) is 0.427. The van der Waals surface area contributed by atoms with Crippen molar-refractivity contribution in [3.8, 4) is 0 Å². The molecule has 0 spiro atoms. The highest BCUT2D eigenvalue weighted by molar-refractivity contribution is 5.96. The monoisotopic (exact) mass is 571 g/mol. The summed E-state index contributed by atoms with van der Waals surface area (Å²) in [7, 11) is 0. The summed E-state index contributed by atoms with van der Waals surface area (Å²) in [6, 6.07) is -1.86. The van der Waals surface area contributed by atoms with Crippen molar-refractivity contribution in [2.75, 3.05) is 6.61 Å². The summed E-state index contributed by atoms with van der Waals surface area (Å²) >= 11 is 0. The molecule has 0 bridgehead atoms. The van der Waals surface area contributed by atoms with Crippen LogP contribution in [0, 0.1) is 34.5 Å². The molecule has 41 heavy (non-hydrogen) atoms. The molecule has 9 heteroatoms. The number of unbranched alkanes of at least 4 members (excludes halogenated alkanes) is 1. The zero-order chi connectivity index (χ0) is 29.9. The predicted molar refractivity (Wildman–Crippen MR) is 156 cm³/mol. The number of carboxylic acids is 1. The third-order valence-electron chi connectivity index (χ3n) is 11.1. The fourth-order valence-electron chi connectivity index (χ4n) is 8.80. The van der Waals surface area contributed by atoms with Gasteiger partial charge in [0.1, 0.15) is 17.9 Å². The van der Waals surface area contributed by atoms with E-state index in [-0.39, 0.29) is 23.4 Å². The lowest BCUT2D eigenvalue weighted by molar-refractivity contribution is -0.142. The molecule has 0 saturated heterocycles. The number of ketones is 1. The number of aliphatic carboxylic acids is 1. The first-order chi connectivity index (χ1) is 19.4. The van der Waals surface area contributed by atoms with Crippen molar-refractivity contribution in [2.24, 2.45) is 39.7 Å². The number of fused-ring (bicyclic) bond motifs is 5. The smallest absolute Gasteiger partial charge is 0.326 e. The molecule has 0 aromatic carbocycles. The highest BCUT2D eigenvalue weighted by Gasteiger charge is 2.59. The maximum absolute atomic E-state index is 12.4. The molecule has 0 radical (unpaired) electrons. The first-order valence-corrected chi connectivity index (χ1v) is 15.6. The van der Waals surface area contributed by atoms with Gasteiger partial charge in [-0.1, -0.05) is 44.3 Å². The second-order valence-corrected chi connectivity index (χ2v) is 13.5. The van der Waals surface area contributed by atoms with E-state index in [1.54, 1.807) is 6.92 Å². The average molecular weight is 572 g/mol. The Morgan fingerprint density at radius 3 is 2.51 bits per heavy atom. The summed E-state index contributed by atoms with van der Waals surface area (Å²) in [5.41, 5.74) is 2.57. The first-order valence-electron chi connectivity index (χ1n) is 15.6. The topological polar surface area (TPSA) is 134 Å². The van der Waals surface area contributed by atoms with Crippen molar-refractivity contribution in [3.05, 3.63) is 11.6 Å². The number of allylic oxidation sites excluding steroid dienone is 2. The summed E-state index contributed by atoms with van der Waals surface area (Å²) in [4.78, 5) is 53.9. The van der Waals surface area contributed by atoms with Crippen molar-refractivity contribution in [1.29, 1.82) is 0 Å². The quantitative estimate of drug-likeness (QED) is 0.305. The maximum atomic E-state index is 12.4. The van der Waals surface area contributed by atoms with Gasteiger partial charge in [-0.15, -0.1) is 0 Å². The van der Waals surface area contributed by atoms with Crippen LogP contribution in [0.5, 0.6) is 0 Å². The van der Waals surface area contributed by atoms with Gasteiger partial charge in [-0.3, -0.25) is 14.4 Å². The Labute approximate surface area is 244 Å². The van der Waals surface area contributed by atoms with Crippen LogP contribution in [-0.4, -0.2) is 53.1 Å². The zero-order valence-corrected chi connectivity index (χ0v) is 25.5. The Kier molecular flexibility index (Phi) is 9.64. The molecule has 228 valence electrons. The molecule has 8 atom stereocenters. The molecule has 4 rings (SSSR count). The van der Waals surface area contributed by atoms with E-state index >= 15 is 0 Å². The summed E-state index contributed by atoms with van der Waals surface area (Å²) in [5, 5.41) is 18.6. The lowest BCUT2D eigenvalue weighted by atomic mass is 9.46. The second-order valence-electron chi connectivity index (χ2n) is 13.5. The number of oxime groups is 1. The minimum absolute atomic E-state index is 0.142. The molecule has 3 N–H and O–H groups in total. The summed E-state index contributed by atoms with van der Waals surface area (Å²) < 4.78 is 0. The molecule has 4 aliphatic carbocycles. The number of rotatable bonds is 11. The lowest BCUT2D eigenvalue weighted by Gasteiger charge is -2.58. The molecular weight excluding hydrogens is 522 g/mol. The third-order valence-corrected chi connectivity index (χ3v) is 11.1. The van der Waals surface area contributed by atoms with E-state index in [1.165, 1.54) is 25.3 Å². The van der Waals surface area contributed by atoms with Crippen molar-refractivity contribution in [1.82, 2.24) is 10.6 Å². The van der Waals surface area contributed by atoms with Crippen molar-refractivity contribution < 1.29 is 29.1 Å². The molecule has 0 heterocycles. The molecular formula is C32H49N3O6. The van der Waals surface area contributed by atoms with Crippen LogP contribution in [0.15, 0.2) is 16.8 Å². The van der Waals surface area contributed by atoms with E-state index < -0.39 is 29.9 Å². The van der Waals surface area contributed by atoms with Crippen molar-refractivity contribution in [3.63, 3.8) is 0 Å². The molecule has 4 aliphatic rings. The van der Waals surface area contributed by atoms with Gasteiger partial charge in [0.05, 0.1) is 5.71 Å². The molecule has 9 nitrogen and oxygen atoms in total. The number of hydrogen-bond donors (Lipinski definition) is 3. The number of hydrogen-bond acceptors (Lipinski definition) is 6. The predicted octanol–water partition coefficient (Wildman–Crippen LogP) is 4.79. The number of carboxylic acid groups (broad SMARTS) is 1. The van der Waals surface area contributed by atoms with Gasteiger partial charge in [0.25, 0.3) is 5.91 Å². The van der Waals surface area contributed by atoms with Crippen LogP contribution < -0.4 is 10.6 Å². The fourth-order valence-corrected chi connectivity index (χ4v) is 8.80. The van der Waals surface area contributed by atoms with E-state index in [2.05, 4.69) is 35.7 Å². The van der Waals surface area contributed by atoms with Crippen LogP contribution in [-0.2, 0) is 24.0 Å². The van der Waals surface area contributed by atoms with E-state index in [0.29, 0.717) is 36.4 Å². The number of carbonyl (C=O) groups is 4. The van der Waals surface area contributed by atoms with Gasteiger partial charge in [-0.05, 0) is 106 Å². The number of amides is 2. The number of nitrogens with one attached hydrogen (secondary N) is 2. The number of nitrogens with zero attached hydrogens (tertiary/aromatic N) is 1. The standard InChI is InChI=1S/C32H49N3O6/c1-6-7-8-27(30(39)40)34-29(38)19(2)33-28(37)18-41-35-22-13-15-31(4)21(17-22)9-10-23-25-12-11-24(20(3)36)32(25,5)16-14-26(23)31/h17,19,23-27H,6-16,18H2,1-5H3,(H,33,37)(H,34,38)(H,39,40)/t19-,23+,24-,25+,26+,27+,31+,32-/m1/s1. The molecule has 0 aromatic rings. The lowest BCUT2D eigenvalue weighted by Crippen LogP contribution is -2.51. The van der Waals surface area contributed by atoms with Gasteiger partial charge in [0.15, 0.2) is 6.61 Å². The number of carbonyl (C=O) groups excluding carboxylic acids is 3. The van der Waals surface area contributed by atoms with Crippen LogP contribution >= 0.6 is 0 Å². The second kappa shape index (κ2) is 12.7. The van der Waals surface area contributed by atoms with Gasteiger partial charge in [0.2, 0.25) is 5.91 Å². The van der Waals surface area contributed by atoms with Gasteiger partial charge >= 0.3 is 5.97 Å². The van der Waals surface area contributed by atoms with Gasteiger partial charge < -0.3 is 20.6 Å². The summed E-state index contributed by atoms with van der Waals surface area (Å²) in [6.07, 6.45) is 12.6. The maximum Gasteiger partial charge on any atom is 0.326 e. The fraction of sp³-hybridized carbons (Fsp3) is 0.781. The Hall–Kier alpha value is -2.71. The Balaban J connectivity index is 1.30. The molecule has 3 fully saturated rings. The first kappa shape index (κ1) is 31.2. The van der Waals surface area contributed by atoms with E-state index in [0.717, 1.165) is 50.7 Å². The van der Waals surface area contributed by atoms with E-state index in [1.807, 2.05) is 6.92 Å².